The maximum absolute atomic E-state index is 11.6. The summed E-state index contributed by atoms with van der Waals surface area (Å²) < 4.78 is 5.01. The van der Waals surface area contributed by atoms with Crippen molar-refractivity contribution in [3.63, 3.8) is 0 Å². The van der Waals surface area contributed by atoms with Crippen molar-refractivity contribution in [1.82, 2.24) is 4.90 Å². The Morgan fingerprint density at radius 1 is 1.41 bits per heavy atom. The molecule has 0 aromatic heterocycles. The molecule has 0 saturated heterocycles. The summed E-state index contributed by atoms with van der Waals surface area (Å²) in [6.45, 7) is 6.97. The van der Waals surface area contributed by atoms with Gasteiger partial charge in [-0.05, 0) is 38.9 Å². The molecule has 3 nitrogen and oxygen atoms in total. The lowest BCUT2D eigenvalue weighted by Gasteiger charge is -2.23. The summed E-state index contributed by atoms with van der Waals surface area (Å²) in [4.78, 5) is 13.6. The van der Waals surface area contributed by atoms with E-state index in [1.54, 1.807) is 0 Å². The minimum absolute atomic E-state index is 0.163. The third-order valence-corrected chi connectivity index (χ3v) is 2.97. The highest BCUT2D eigenvalue weighted by molar-refractivity contribution is 5.75. The van der Waals surface area contributed by atoms with Crippen molar-refractivity contribution in [3.05, 3.63) is 35.4 Å². The Morgan fingerprint density at radius 2 is 2.06 bits per heavy atom. The van der Waals surface area contributed by atoms with E-state index in [2.05, 4.69) is 19.1 Å². The molecule has 1 aromatic rings. The van der Waals surface area contributed by atoms with E-state index in [0.29, 0.717) is 6.61 Å². The average molecular weight is 235 g/mol. The monoisotopic (exact) mass is 235 g/mol. The van der Waals surface area contributed by atoms with E-state index in [0.717, 1.165) is 6.54 Å². The van der Waals surface area contributed by atoms with Crippen LogP contribution in [0.15, 0.2) is 24.3 Å². The predicted molar refractivity (Wildman–Crippen MR) is 68.7 cm³/mol. The molecule has 0 radical (unpaired) electrons. The lowest BCUT2D eigenvalue weighted by molar-refractivity contribution is -0.148. The third kappa shape index (κ3) is 3.86. The van der Waals surface area contributed by atoms with Crippen LogP contribution in [-0.4, -0.2) is 30.6 Å². The second-order valence-corrected chi connectivity index (χ2v) is 4.27. The number of carbonyl (C=O) groups excluding carboxylic acids is 1. The predicted octanol–water partition coefficient (Wildman–Crippen LogP) is 2.38. The van der Waals surface area contributed by atoms with Crippen LogP contribution in [0.4, 0.5) is 0 Å². The number of likely N-dealkylation sites (N-methyl/N-ethyl adjacent to an activating group) is 1. The molecule has 0 saturated carbocycles. The Labute approximate surface area is 103 Å². The summed E-state index contributed by atoms with van der Waals surface area (Å²) in [5, 5.41) is 0. The molecule has 0 N–H and O–H groups in total. The van der Waals surface area contributed by atoms with Gasteiger partial charge in [-0.2, -0.15) is 0 Å². The average Bonchev–Trinajstić information content (AvgIpc) is 2.31. The first-order valence-electron chi connectivity index (χ1n) is 5.97. The smallest absolute Gasteiger partial charge is 0.323 e. The Kier molecular flexibility index (Phi) is 5.16. The summed E-state index contributed by atoms with van der Waals surface area (Å²) in [6, 6.07) is 8.00. The van der Waals surface area contributed by atoms with E-state index in [1.165, 1.54) is 11.1 Å². The van der Waals surface area contributed by atoms with E-state index in [1.807, 2.05) is 37.9 Å². The van der Waals surface area contributed by atoms with Gasteiger partial charge in [0.25, 0.3) is 0 Å². The van der Waals surface area contributed by atoms with Gasteiger partial charge in [-0.1, -0.05) is 24.3 Å². The van der Waals surface area contributed by atoms with Crippen molar-refractivity contribution in [2.75, 3.05) is 13.7 Å². The number of nitrogens with zero attached hydrogens (tertiary/aromatic N) is 1. The van der Waals surface area contributed by atoms with Gasteiger partial charge >= 0.3 is 5.97 Å². The number of esters is 1. The summed E-state index contributed by atoms with van der Waals surface area (Å²) in [7, 11) is 1.94. The zero-order chi connectivity index (χ0) is 12.8. The summed E-state index contributed by atoms with van der Waals surface area (Å²) in [5.74, 6) is -0.163. The van der Waals surface area contributed by atoms with Gasteiger partial charge < -0.3 is 4.74 Å². The number of carbonyl (C=O) groups is 1. The van der Waals surface area contributed by atoms with Crippen LogP contribution in [-0.2, 0) is 16.1 Å². The normalized spacial score (nSPS) is 12.5. The van der Waals surface area contributed by atoms with E-state index < -0.39 is 0 Å². The molecule has 0 bridgehead atoms. The van der Waals surface area contributed by atoms with Crippen LogP contribution >= 0.6 is 0 Å². The van der Waals surface area contributed by atoms with Gasteiger partial charge in [0, 0.05) is 6.54 Å². The fourth-order valence-corrected chi connectivity index (χ4v) is 1.64. The number of hydrogen-bond acceptors (Lipinski definition) is 3. The van der Waals surface area contributed by atoms with E-state index in [9.17, 15) is 4.79 Å². The first-order valence-corrected chi connectivity index (χ1v) is 5.97. The Balaban J connectivity index is 2.63. The first-order chi connectivity index (χ1) is 8.06. The minimum atomic E-state index is -0.213. The molecule has 1 rings (SSSR count). The maximum atomic E-state index is 11.6. The number of ether oxygens (including phenoxy) is 1. The lowest BCUT2D eigenvalue weighted by Crippen LogP contribution is -2.36. The minimum Gasteiger partial charge on any atom is -0.465 e. The molecule has 0 fully saturated rings. The van der Waals surface area contributed by atoms with Crippen molar-refractivity contribution in [2.24, 2.45) is 0 Å². The van der Waals surface area contributed by atoms with Crippen LogP contribution in [0.25, 0.3) is 0 Å². The maximum Gasteiger partial charge on any atom is 0.323 e. The molecule has 94 valence electrons. The van der Waals surface area contributed by atoms with Crippen molar-refractivity contribution in [2.45, 2.75) is 33.4 Å². The van der Waals surface area contributed by atoms with Crippen LogP contribution in [0.1, 0.15) is 25.0 Å². The van der Waals surface area contributed by atoms with Gasteiger partial charge in [-0.3, -0.25) is 9.69 Å². The van der Waals surface area contributed by atoms with Gasteiger partial charge in [0.05, 0.1) is 6.61 Å². The van der Waals surface area contributed by atoms with Gasteiger partial charge in [0.15, 0.2) is 0 Å². The molecule has 0 amide bonds. The molecule has 0 spiro atoms. The van der Waals surface area contributed by atoms with Crippen LogP contribution in [0.3, 0.4) is 0 Å². The van der Waals surface area contributed by atoms with Gasteiger partial charge in [0.2, 0.25) is 0 Å². The second-order valence-electron chi connectivity index (χ2n) is 4.27. The Bertz CT molecular complexity index is 376. The SMILES string of the molecule is CCOC(=O)C(C)N(C)Cc1ccccc1C. The molecular formula is C14H21NO2. The van der Waals surface area contributed by atoms with E-state index in [4.69, 9.17) is 4.74 Å². The van der Waals surface area contributed by atoms with Gasteiger partial charge in [0.1, 0.15) is 6.04 Å². The highest BCUT2D eigenvalue weighted by Crippen LogP contribution is 2.11. The molecule has 17 heavy (non-hydrogen) atoms. The highest BCUT2D eigenvalue weighted by Gasteiger charge is 2.19. The molecule has 0 aliphatic rings. The Hall–Kier alpha value is -1.35. The molecule has 1 aromatic carbocycles. The molecule has 0 heterocycles. The van der Waals surface area contributed by atoms with Crippen molar-refractivity contribution in [1.29, 1.82) is 0 Å². The van der Waals surface area contributed by atoms with Crippen LogP contribution < -0.4 is 0 Å². The number of hydrogen-bond donors (Lipinski definition) is 0. The second kappa shape index (κ2) is 6.40. The third-order valence-electron chi connectivity index (χ3n) is 2.97. The first kappa shape index (κ1) is 13.7. The van der Waals surface area contributed by atoms with Crippen molar-refractivity contribution in [3.8, 4) is 0 Å². The standard InChI is InChI=1S/C14H21NO2/c1-5-17-14(16)12(3)15(4)10-13-9-7-6-8-11(13)2/h6-9,12H,5,10H2,1-4H3. The summed E-state index contributed by atoms with van der Waals surface area (Å²) >= 11 is 0. The largest absolute Gasteiger partial charge is 0.465 e. The molecule has 0 aliphatic carbocycles. The fraction of sp³-hybridized carbons (Fsp3) is 0.500. The summed E-state index contributed by atoms with van der Waals surface area (Å²) in [5.41, 5.74) is 2.49. The Morgan fingerprint density at radius 3 is 2.65 bits per heavy atom. The quantitative estimate of drug-likeness (QED) is 0.734. The van der Waals surface area contributed by atoms with Crippen LogP contribution in [0, 0.1) is 6.92 Å². The number of benzene rings is 1. The van der Waals surface area contributed by atoms with Crippen molar-refractivity contribution >= 4 is 5.97 Å². The van der Waals surface area contributed by atoms with E-state index >= 15 is 0 Å². The fourth-order valence-electron chi connectivity index (χ4n) is 1.64. The van der Waals surface area contributed by atoms with Crippen LogP contribution in [0.2, 0.25) is 0 Å². The highest BCUT2D eigenvalue weighted by atomic mass is 16.5. The topological polar surface area (TPSA) is 29.5 Å². The lowest BCUT2D eigenvalue weighted by atomic mass is 10.1. The number of aryl methyl sites for hydroxylation is 1. The van der Waals surface area contributed by atoms with Crippen molar-refractivity contribution < 1.29 is 9.53 Å². The molecular weight excluding hydrogens is 214 g/mol. The molecule has 1 unspecified atom stereocenters. The molecule has 1 atom stereocenters. The van der Waals surface area contributed by atoms with Crippen LogP contribution in [0.5, 0.6) is 0 Å². The number of rotatable bonds is 5. The molecule has 0 aliphatic heterocycles. The summed E-state index contributed by atoms with van der Waals surface area (Å²) in [6.07, 6.45) is 0. The zero-order valence-corrected chi connectivity index (χ0v) is 11.1. The zero-order valence-electron chi connectivity index (χ0n) is 11.1. The van der Waals surface area contributed by atoms with Gasteiger partial charge in [-0.25, -0.2) is 0 Å². The van der Waals surface area contributed by atoms with E-state index in [-0.39, 0.29) is 12.0 Å². The molecule has 3 heteroatoms. The van der Waals surface area contributed by atoms with Gasteiger partial charge in [-0.15, -0.1) is 0 Å².